The van der Waals surface area contributed by atoms with Crippen LogP contribution < -0.4 is 16.4 Å². The highest BCUT2D eigenvalue weighted by atomic mass is 16.2. The Kier molecular flexibility index (Phi) is 6.17. The average Bonchev–Trinajstić information content (AvgIpc) is 3.35. The SMILES string of the molecule is CCCCN(CC(N)=O)C(=O)c1ccc(NC(=O)NC2CC2)cc1. The molecule has 0 saturated heterocycles. The van der Waals surface area contributed by atoms with Crippen LogP contribution in [0.4, 0.5) is 10.5 Å². The topological polar surface area (TPSA) is 105 Å². The number of nitrogens with one attached hydrogen (secondary N) is 2. The van der Waals surface area contributed by atoms with Crippen molar-refractivity contribution in [1.29, 1.82) is 0 Å². The van der Waals surface area contributed by atoms with Gasteiger partial charge in [-0.15, -0.1) is 0 Å². The maximum Gasteiger partial charge on any atom is 0.319 e. The summed E-state index contributed by atoms with van der Waals surface area (Å²) in [5.41, 5.74) is 6.29. The van der Waals surface area contributed by atoms with Crippen LogP contribution in [0.2, 0.25) is 0 Å². The van der Waals surface area contributed by atoms with Crippen LogP contribution in [0.1, 0.15) is 43.0 Å². The molecule has 4 N–H and O–H groups in total. The first kappa shape index (κ1) is 17.8. The molecule has 130 valence electrons. The molecule has 1 aromatic carbocycles. The Bertz CT molecular complexity index is 596. The second kappa shape index (κ2) is 8.33. The van der Waals surface area contributed by atoms with E-state index >= 15 is 0 Å². The summed E-state index contributed by atoms with van der Waals surface area (Å²) in [7, 11) is 0. The quantitative estimate of drug-likeness (QED) is 0.675. The number of benzene rings is 1. The molecule has 2 rings (SSSR count). The van der Waals surface area contributed by atoms with E-state index in [1.54, 1.807) is 24.3 Å². The number of rotatable bonds is 8. The Morgan fingerprint density at radius 1 is 1.21 bits per heavy atom. The molecule has 1 aromatic rings. The maximum absolute atomic E-state index is 12.5. The normalized spacial score (nSPS) is 13.2. The lowest BCUT2D eigenvalue weighted by atomic mass is 10.1. The molecule has 4 amide bonds. The molecule has 0 heterocycles. The van der Waals surface area contributed by atoms with Crippen molar-refractivity contribution >= 4 is 23.5 Å². The van der Waals surface area contributed by atoms with Gasteiger partial charge in [0.05, 0.1) is 6.54 Å². The van der Waals surface area contributed by atoms with Crippen LogP contribution in [0.25, 0.3) is 0 Å². The number of hydrogen-bond donors (Lipinski definition) is 3. The third kappa shape index (κ3) is 5.57. The van der Waals surface area contributed by atoms with Gasteiger partial charge in [0.2, 0.25) is 5.91 Å². The number of nitrogens with two attached hydrogens (primary N) is 1. The van der Waals surface area contributed by atoms with Crippen LogP contribution in [0.3, 0.4) is 0 Å². The summed E-state index contributed by atoms with van der Waals surface area (Å²) in [4.78, 5) is 36.8. The van der Waals surface area contributed by atoms with Crippen LogP contribution in [0.15, 0.2) is 24.3 Å². The molecule has 0 spiro atoms. The molecule has 7 heteroatoms. The van der Waals surface area contributed by atoms with Crippen LogP contribution in [-0.2, 0) is 4.79 Å². The minimum atomic E-state index is -0.533. The van der Waals surface area contributed by atoms with Crippen LogP contribution >= 0.6 is 0 Å². The Morgan fingerprint density at radius 3 is 2.42 bits per heavy atom. The van der Waals surface area contributed by atoms with Gasteiger partial charge in [0, 0.05) is 23.8 Å². The predicted octanol–water partition coefficient (Wildman–Crippen LogP) is 1.70. The van der Waals surface area contributed by atoms with Crippen LogP contribution in [-0.4, -0.2) is 41.9 Å². The van der Waals surface area contributed by atoms with Gasteiger partial charge in [-0.2, -0.15) is 0 Å². The number of anilines is 1. The Balaban J connectivity index is 1.96. The largest absolute Gasteiger partial charge is 0.368 e. The van der Waals surface area contributed by atoms with E-state index in [1.165, 1.54) is 4.90 Å². The molecular formula is C17H24N4O3. The van der Waals surface area contributed by atoms with Crippen molar-refractivity contribution < 1.29 is 14.4 Å². The van der Waals surface area contributed by atoms with Gasteiger partial charge in [0.25, 0.3) is 5.91 Å². The average molecular weight is 332 g/mol. The lowest BCUT2D eigenvalue weighted by Gasteiger charge is -2.21. The summed E-state index contributed by atoms with van der Waals surface area (Å²) in [6, 6.07) is 6.65. The van der Waals surface area contributed by atoms with Crippen molar-refractivity contribution in [1.82, 2.24) is 10.2 Å². The van der Waals surface area contributed by atoms with E-state index in [4.69, 9.17) is 5.73 Å². The molecule has 1 saturated carbocycles. The second-order valence-electron chi connectivity index (χ2n) is 6.00. The van der Waals surface area contributed by atoms with Crippen molar-refractivity contribution in [2.24, 2.45) is 5.73 Å². The Labute approximate surface area is 141 Å². The van der Waals surface area contributed by atoms with Gasteiger partial charge in [-0.25, -0.2) is 4.79 Å². The molecule has 1 aliphatic rings. The van der Waals surface area contributed by atoms with Gasteiger partial charge in [0.1, 0.15) is 0 Å². The maximum atomic E-state index is 12.5. The number of primary amides is 1. The van der Waals surface area contributed by atoms with Gasteiger partial charge < -0.3 is 21.3 Å². The fraction of sp³-hybridized carbons (Fsp3) is 0.471. The molecule has 1 fully saturated rings. The minimum absolute atomic E-state index is 0.0946. The molecule has 7 nitrogen and oxygen atoms in total. The van der Waals surface area contributed by atoms with Gasteiger partial charge in [-0.1, -0.05) is 13.3 Å². The number of carbonyl (C=O) groups excluding carboxylic acids is 3. The summed E-state index contributed by atoms with van der Waals surface area (Å²) in [6.45, 7) is 2.41. The first-order valence-corrected chi connectivity index (χ1v) is 8.24. The molecule has 0 atom stereocenters. The van der Waals surface area contributed by atoms with E-state index in [1.807, 2.05) is 6.92 Å². The summed E-state index contributed by atoms with van der Waals surface area (Å²) < 4.78 is 0. The number of amides is 4. The smallest absolute Gasteiger partial charge is 0.319 e. The number of unbranched alkanes of at least 4 members (excludes halogenated alkanes) is 1. The standard InChI is InChI=1S/C17H24N4O3/c1-2-3-10-21(11-15(18)22)16(23)12-4-6-13(7-5-12)19-17(24)20-14-8-9-14/h4-7,14H,2-3,8-11H2,1H3,(H2,18,22)(H2,19,20,24). The summed E-state index contributed by atoms with van der Waals surface area (Å²) in [6.07, 6.45) is 3.77. The van der Waals surface area contributed by atoms with E-state index in [0.29, 0.717) is 17.8 Å². The highest BCUT2D eigenvalue weighted by Gasteiger charge is 2.23. The van der Waals surface area contributed by atoms with Crippen LogP contribution in [0, 0.1) is 0 Å². The molecule has 0 aromatic heterocycles. The zero-order valence-electron chi connectivity index (χ0n) is 13.9. The van der Waals surface area contributed by atoms with Crippen molar-refractivity contribution in [2.75, 3.05) is 18.4 Å². The van der Waals surface area contributed by atoms with Gasteiger partial charge in [-0.3, -0.25) is 9.59 Å². The predicted molar refractivity (Wildman–Crippen MR) is 91.6 cm³/mol. The number of carbonyl (C=O) groups is 3. The summed E-state index contributed by atoms with van der Waals surface area (Å²) >= 11 is 0. The van der Waals surface area contributed by atoms with Gasteiger partial charge in [0.15, 0.2) is 0 Å². The zero-order chi connectivity index (χ0) is 17.5. The molecule has 0 bridgehead atoms. The Hall–Kier alpha value is -2.57. The third-order valence-electron chi connectivity index (χ3n) is 3.72. The first-order chi connectivity index (χ1) is 11.5. The van der Waals surface area contributed by atoms with Crippen molar-refractivity contribution in [3.05, 3.63) is 29.8 Å². The van der Waals surface area contributed by atoms with Crippen molar-refractivity contribution in [3.8, 4) is 0 Å². The third-order valence-corrected chi connectivity index (χ3v) is 3.72. The molecule has 0 aliphatic heterocycles. The van der Waals surface area contributed by atoms with E-state index in [-0.39, 0.29) is 24.5 Å². The fourth-order valence-electron chi connectivity index (χ4n) is 2.25. The molecule has 0 radical (unpaired) electrons. The molecule has 1 aliphatic carbocycles. The van der Waals surface area contributed by atoms with E-state index in [0.717, 1.165) is 25.7 Å². The van der Waals surface area contributed by atoms with Gasteiger partial charge in [-0.05, 0) is 43.5 Å². The Morgan fingerprint density at radius 2 is 1.88 bits per heavy atom. The summed E-state index contributed by atoms with van der Waals surface area (Å²) in [5, 5.41) is 5.55. The highest BCUT2D eigenvalue weighted by molar-refractivity contribution is 5.97. The van der Waals surface area contributed by atoms with Crippen molar-refractivity contribution in [3.63, 3.8) is 0 Å². The highest BCUT2D eigenvalue weighted by Crippen LogP contribution is 2.19. The lowest BCUT2D eigenvalue weighted by molar-refractivity contribution is -0.118. The number of urea groups is 1. The van der Waals surface area contributed by atoms with Gasteiger partial charge >= 0.3 is 6.03 Å². The van der Waals surface area contributed by atoms with E-state index < -0.39 is 5.91 Å². The van der Waals surface area contributed by atoms with Crippen LogP contribution in [0.5, 0.6) is 0 Å². The molecule has 24 heavy (non-hydrogen) atoms. The van der Waals surface area contributed by atoms with E-state index in [9.17, 15) is 14.4 Å². The monoisotopic (exact) mass is 332 g/mol. The molecular weight excluding hydrogens is 308 g/mol. The molecule has 0 unspecified atom stereocenters. The zero-order valence-corrected chi connectivity index (χ0v) is 13.9. The van der Waals surface area contributed by atoms with Crippen molar-refractivity contribution in [2.45, 2.75) is 38.6 Å². The first-order valence-electron chi connectivity index (χ1n) is 8.24. The summed E-state index contributed by atoms with van der Waals surface area (Å²) in [5.74, 6) is -0.772. The van der Waals surface area contributed by atoms with E-state index in [2.05, 4.69) is 10.6 Å². The number of hydrogen-bond acceptors (Lipinski definition) is 3. The minimum Gasteiger partial charge on any atom is -0.368 e. The number of nitrogens with zero attached hydrogens (tertiary/aromatic N) is 1. The second-order valence-corrected chi connectivity index (χ2v) is 6.00. The fourth-order valence-corrected chi connectivity index (χ4v) is 2.25. The lowest BCUT2D eigenvalue weighted by Crippen LogP contribution is -2.39.